The Bertz CT molecular complexity index is 369. The van der Waals surface area contributed by atoms with Crippen LogP contribution in [-0.2, 0) is 0 Å². The van der Waals surface area contributed by atoms with Crippen LogP contribution in [-0.4, -0.2) is 41.1 Å². The minimum Gasteiger partial charge on any atom is -0.352 e. The van der Waals surface area contributed by atoms with Gasteiger partial charge in [0, 0.05) is 24.8 Å². The van der Waals surface area contributed by atoms with Crippen molar-refractivity contribution in [3.63, 3.8) is 0 Å². The molecule has 1 aromatic heterocycles. The number of anilines is 1. The first-order chi connectivity index (χ1) is 8.79. The topological polar surface area (TPSA) is 33.1 Å². The van der Waals surface area contributed by atoms with Gasteiger partial charge >= 0.3 is 0 Å². The predicted molar refractivity (Wildman–Crippen MR) is 82.8 cm³/mol. The zero-order valence-electron chi connectivity index (χ0n) is 13.6. The molecule has 1 atom stereocenters. The molecule has 4 nitrogen and oxygen atoms in total. The fraction of sp³-hybridized carbons (Fsp3) is 0.800. The molecule has 0 saturated heterocycles. The van der Waals surface area contributed by atoms with E-state index >= 15 is 0 Å². The fourth-order valence-corrected chi connectivity index (χ4v) is 2.39. The number of nitrogens with zero attached hydrogens (tertiary/aromatic N) is 3. The molecule has 1 heterocycles. The Kier molecular flexibility index (Phi) is 5.85. The quantitative estimate of drug-likeness (QED) is 0.823. The zero-order chi connectivity index (χ0) is 14.6. The van der Waals surface area contributed by atoms with Crippen molar-refractivity contribution < 1.29 is 0 Å². The number of hydrogen-bond donors (Lipinski definition) is 1. The van der Waals surface area contributed by atoms with E-state index in [-0.39, 0.29) is 0 Å². The number of aryl methyl sites for hydroxylation is 1. The van der Waals surface area contributed by atoms with Gasteiger partial charge in [-0.15, -0.1) is 0 Å². The van der Waals surface area contributed by atoms with Gasteiger partial charge in [-0.25, -0.2) is 4.98 Å². The van der Waals surface area contributed by atoms with Crippen LogP contribution in [0, 0.1) is 12.8 Å². The summed E-state index contributed by atoms with van der Waals surface area (Å²) in [5.41, 5.74) is 1.07. The van der Waals surface area contributed by atoms with Crippen LogP contribution in [0.25, 0.3) is 0 Å². The Morgan fingerprint density at radius 2 is 1.89 bits per heavy atom. The first kappa shape index (κ1) is 16.0. The predicted octanol–water partition coefficient (Wildman–Crippen LogP) is 3.16. The summed E-state index contributed by atoms with van der Waals surface area (Å²) in [6.07, 6.45) is 3.28. The number of nitrogens with one attached hydrogen (secondary N) is 1. The molecule has 0 radical (unpaired) electrons. The second-order valence-corrected chi connectivity index (χ2v) is 6.44. The number of rotatable bonds is 7. The number of hydrogen-bond acceptors (Lipinski definition) is 3. The summed E-state index contributed by atoms with van der Waals surface area (Å²) < 4.78 is 2.22. The molecule has 1 N–H and O–H groups in total. The molecule has 0 aliphatic carbocycles. The summed E-state index contributed by atoms with van der Waals surface area (Å²) in [5, 5.41) is 3.62. The van der Waals surface area contributed by atoms with Crippen LogP contribution in [0.3, 0.4) is 0 Å². The van der Waals surface area contributed by atoms with Crippen molar-refractivity contribution in [3.05, 3.63) is 11.9 Å². The number of aromatic nitrogens is 2. The lowest BCUT2D eigenvalue weighted by Gasteiger charge is -2.25. The number of likely N-dealkylation sites (N-methyl/N-ethyl adjacent to an activating group) is 1. The third-order valence-corrected chi connectivity index (χ3v) is 3.08. The molecule has 0 bridgehead atoms. The molecule has 4 heteroatoms. The Morgan fingerprint density at radius 3 is 2.37 bits per heavy atom. The van der Waals surface area contributed by atoms with E-state index in [1.165, 1.54) is 0 Å². The molecule has 0 aliphatic rings. The molecule has 1 aromatic rings. The Hall–Kier alpha value is -1.03. The molecule has 0 spiro atoms. The van der Waals surface area contributed by atoms with Gasteiger partial charge in [0.25, 0.3) is 0 Å². The van der Waals surface area contributed by atoms with Crippen molar-refractivity contribution in [2.24, 2.45) is 5.92 Å². The Morgan fingerprint density at radius 1 is 1.26 bits per heavy atom. The monoisotopic (exact) mass is 266 g/mol. The first-order valence-electron chi connectivity index (χ1n) is 7.26. The lowest BCUT2D eigenvalue weighted by atomic mass is 10.0. The second kappa shape index (κ2) is 6.94. The molecule has 0 fully saturated rings. The molecule has 110 valence electrons. The highest BCUT2D eigenvalue weighted by Crippen LogP contribution is 2.18. The molecule has 1 rings (SSSR count). The van der Waals surface area contributed by atoms with Gasteiger partial charge in [-0.3, -0.25) is 0 Å². The highest BCUT2D eigenvalue weighted by atomic mass is 15.2. The maximum atomic E-state index is 4.62. The van der Waals surface area contributed by atoms with Crippen LogP contribution < -0.4 is 5.32 Å². The van der Waals surface area contributed by atoms with Gasteiger partial charge in [-0.1, -0.05) is 13.8 Å². The second-order valence-electron chi connectivity index (χ2n) is 6.44. The normalized spacial score (nSPS) is 13.6. The lowest BCUT2D eigenvalue weighted by molar-refractivity contribution is 0.354. The molecule has 0 aromatic carbocycles. The van der Waals surface area contributed by atoms with Crippen LogP contribution in [0.5, 0.6) is 0 Å². The van der Waals surface area contributed by atoms with Crippen molar-refractivity contribution >= 4 is 5.95 Å². The molecule has 19 heavy (non-hydrogen) atoms. The van der Waals surface area contributed by atoms with Crippen LogP contribution in [0.1, 0.15) is 45.9 Å². The van der Waals surface area contributed by atoms with E-state index < -0.39 is 0 Å². The molecule has 0 aliphatic heterocycles. The molecular formula is C15H30N4. The average molecular weight is 266 g/mol. The lowest BCUT2D eigenvalue weighted by Crippen LogP contribution is -2.34. The fourth-order valence-electron chi connectivity index (χ4n) is 2.39. The average Bonchev–Trinajstić information content (AvgIpc) is 2.57. The Labute approximate surface area is 118 Å². The summed E-state index contributed by atoms with van der Waals surface area (Å²) in [6, 6.07) is 0.872. The third-order valence-electron chi connectivity index (χ3n) is 3.08. The highest BCUT2D eigenvalue weighted by Gasteiger charge is 2.16. The molecule has 0 amide bonds. The van der Waals surface area contributed by atoms with Crippen LogP contribution in [0.15, 0.2) is 6.20 Å². The number of imidazole rings is 1. The van der Waals surface area contributed by atoms with Gasteiger partial charge in [0.2, 0.25) is 5.95 Å². The zero-order valence-corrected chi connectivity index (χ0v) is 13.6. The van der Waals surface area contributed by atoms with Crippen LogP contribution in [0.4, 0.5) is 5.95 Å². The van der Waals surface area contributed by atoms with Crippen LogP contribution in [0.2, 0.25) is 0 Å². The smallest absolute Gasteiger partial charge is 0.203 e. The van der Waals surface area contributed by atoms with E-state index in [1.807, 2.05) is 6.92 Å². The van der Waals surface area contributed by atoms with E-state index in [4.69, 9.17) is 0 Å². The minimum absolute atomic E-state index is 0.433. The maximum Gasteiger partial charge on any atom is 0.203 e. The van der Waals surface area contributed by atoms with Gasteiger partial charge in [0.1, 0.15) is 0 Å². The third kappa shape index (κ3) is 5.23. The SMILES string of the molecule is Cc1cn(C(C)C)c(NC(CC(C)C)CN(C)C)n1. The van der Waals surface area contributed by atoms with Gasteiger partial charge < -0.3 is 14.8 Å². The van der Waals surface area contributed by atoms with Gasteiger partial charge in [-0.2, -0.15) is 0 Å². The maximum absolute atomic E-state index is 4.62. The molecular weight excluding hydrogens is 236 g/mol. The van der Waals surface area contributed by atoms with Gasteiger partial charge in [-0.05, 0) is 47.2 Å². The van der Waals surface area contributed by atoms with Crippen molar-refractivity contribution in [3.8, 4) is 0 Å². The van der Waals surface area contributed by atoms with Gasteiger partial charge in [0.05, 0.1) is 5.69 Å². The van der Waals surface area contributed by atoms with E-state index in [9.17, 15) is 0 Å². The summed E-state index contributed by atoms with van der Waals surface area (Å²) in [6.45, 7) is 12.0. The van der Waals surface area contributed by atoms with Crippen molar-refractivity contribution in [2.45, 2.75) is 53.1 Å². The standard InChI is InChI=1S/C15H30N4/c1-11(2)8-14(10-18(6)7)17-15-16-13(5)9-19(15)12(3)4/h9,11-12,14H,8,10H2,1-7H3,(H,16,17). The van der Waals surface area contributed by atoms with E-state index in [0.29, 0.717) is 18.0 Å². The largest absolute Gasteiger partial charge is 0.352 e. The minimum atomic E-state index is 0.433. The van der Waals surface area contributed by atoms with Crippen LogP contribution >= 0.6 is 0 Å². The van der Waals surface area contributed by atoms with Crippen molar-refractivity contribution in [1.29, 1.82) is 0 Å². The van der Waals surface area contributed by atoms with Gasteiger partial charge in [0.15, 0.2) is 0 Å². The summed E-state index contributed by atoms with van der Waals surface area (Å²) in [7, 11) is 4.24. The highest BCUT2D eigenvalue weighted by molar-refractivity contribution is 5.31. The molecule has 0 saturated carbocycles. The molecule has 1 unspecified atom stereocenters. The van der Waals surface area contributed by atoms with E-state index in [1.54, 1.807) is 0 Å². The van der Waals surface area contributed by atoms with E-state index in [2.05, 4.69) is 67.8 Å². The van der Waals surface area contributed by atoms with Crippen molar-refractivity contribution in [1.82, 2.24) is 14.5 Å². The Balaban J connectivity index is 2.82. The summed E-state index contributed by atoms with van der Waals surface area (Å²) in [5.74, 6) is 1.68. The van der Waals surface area contributed by atoms with E-state index in [0.717, 1.165) is 24.6 Å². The van der Waals surface area contributed by atoms with Crippen molar-refractivity contribution in [2.75, 3.05) is 26.0 Å². The first-order valence-corrected chi connectivity index (χ1v) is 7.26. The summed E-state index contributed by atoms with van der Waals surface area (Å²) in [4.78, 5) is 6.85. The summed E-state index contributed by atoms with van der Waals surface area (Å²) >= 11 is 0.